The van der Waals surface area contributed by atoms with Crippen molar-refractivity contribution in [3.8, 4) is 0 Å². The summed E-state index contributed by atoms with van der Waals surface area (Å²) >= 11 is 0. The van der Waals surface area contributed by atoms with Gasteiger partial charge in [0.25, 0.3) is 0 Å². The maximum Gasteiger partial charge on any atom is 0.0722 e. The SMILES string of the molecule is C1=CC2=C(C=CC1)C1(C3=C(c4ccccc41)C1CC1C=C3)c1ccccc12. The second-order valence-electron chi connectivity index (χ2n) is 8.40. The van der Waals surface area contributed by atoms with Gasteiger partial charge in [-0.2, -0.15) is 0 Å². The molecule has 0 saturated heterocycles. The smallest absolute Gasteiger partial charge is 0.0722 e. The summed E-state index contributed by atoms with van der Waals surface area (Å²) in [7, 11) is 0. The minimum Gasteiger partial charge on any atom is -0.0804 e. The second-order valence-corrected chi connectivity index (χ2v) is 8.40. The average Bonchev–Trinajstić information content (AvgIpc) is 3.44. The lowest BCUT2D eigenvalue weighted by molar-refractivity contribution is 0.771. The minimum atomic E-state index is -0.132. The first-order valence-corrected chi connectivity index (χ1v) is 10.1. The topological polar surface area (TPSA) is 0 Å². The predicted octanol–water partition coefficient (Wildman–Crippen LogP) is 6.23. The van der Waals surface area contributed by atoms with Crippen LogP contribution in [-0.2, 0) is 5.41 Å². The van der Waals surface area contributed by atoms with Gasteiger partial charge in [0, 0.05) is 0 Å². The molecular weight excluding hydrogens is 324 g/mol. The Kier molecular flexibility index (Phi) is 2.48. The minimum absolute atomic E-state index is 0.132. The molecule has 1 saturated carbocycles. The van der Waals surface area contributed by atoms with Crippen molar-refractivity contribution in [2.45, 2.75) is 18.3 Å². The quantitative estimate of drug-likeness (QED) is 0.531. The number of allylic oxidation sites excluding steroid dienone is 10. The molecule has 2 aromatic carbocycles. The molecule has 7 rings (SSSR count). The molecule has 3 unspecified atom stereocenters. The van der Waals surface area contributed by atoms with E-state index in [0.29, 0.717) is 0 Å². The lowest BCUT2D eigenvalue weighted by atomic mass is 9.68. The highest BCUT2D eigenvalue weighted by molar-refractivity contribution is 5.99. The van der Waals surface area contributed by atoms with Gasteiger partial charge in [-0.05, 0) is 69.2 Å². The normalized spacial score (nSPS) is 30.8. The van der Waals surface area contributed by atoms with Crippen molar-refractivity contribution in [3.05, 3.63) is 118 Å². The Labute approximate surface area is 159 Å². The van der Waals surface area contributed by atoms with Crippen molar-refractivity contribution < 1.29 is 0 Å². The van der Waals surface area contributed by atoms with Gasteiger partial charge in [-0.15, -0.1) is 0 Å². The van der Waals surface area contributed by atoms with Crippen LogP contribution in [0.5, 0.6) is 0 Å². The van der Waals surface area contributed by atoms with E-state index in [1.165, 1.54) is 39.8 Å². The van der Waals surface area contributed by atoms with Crippen molar-refractivity contribution in [1.29, 1.82) is 0 Å². The van der Waals surface area contributed by atoms with Crippen LogP contribution in [0.3, 0.4) is 0 Å². The molecule has 0 bridgehead atoms. The Morgan fingerprint density at radius 1 is 0.741 bits per heavy atom. The van der Waals surface area contributed by atoms with Crippen molar-refractivity contribution in [3.63, 3.8) is 0 Å². The lowest BCUT2D eigenvalue weighted by Crippen LogP contribution is -2.28. The molecular formula is C27H20. The molecule has 2 aromatic rings. The van der Waals surface area contributed by atoms with E-state index in [4.69, 9.17) is 0 Å². The molecule has 0 amide bonds. The first kappa shape index (κ1) is 14.2. The Morgan fingerprint density at radius 3 is 2.37 bits per heavy atom. The molecule has 3 atom stereocenters. The predicted molar refractivity (Wildman–Crippen MR) is 111 cm³/mol. The Bertz CT molecular complexity index is 1180. The van der Waals surface area contributed by atoms with Crippen molar-refractivity contribution in [1.82, 2.24) is 0 Å². The van der Waals surface area contributed by atoms with Gasteiger partial charge in [-0.1, -0.05) is 85.0 Å². The largest absolute Gasteiger partial charge is 0.0804 e. The van der Waals surface area contributed by atoms with Gasteiger partial charge in [0.1, 0.15) is 0 Å². The first-order chi connectivity index (χ1) is 13.4. The Morgan fingerprint density at radius 2 is 1.48 bits per heavy atom. The third-order valence-electron chi connectivity index (χ3n) is 7.19. The number of hydrogen-bond acceptors (Lipinski definition) is 0. The standard InChI is InChI=1S/C27H20/c1-2-8-18-19-9-4-6-12-23(19)27(22(18)11-3-1)24-13-7-5-10-20(24)26-21-16-17(21)14-15-25(26)27/h2-15,17,21H,1,16H2. The van der Waals surface area contributed by atoms with Gasteiger partial charge in [0.05, 0.1) is 5.41 Å². The zero-order chi connectivity index (χ0) is 17.6. The highest BCUT2D eigenvalue weighted by Crippen LogP contribution is 2.67. The molecule has 0 aromatic heterocycles. The Hall–Kier alpha value is -2.86. The zero-order valence-corrected chi connectivity index (χ0v) is 15.2. The Balaban J connectivity index is 1.68. The van der Waals surface area contributed by atoms with Crippen LogP contribution in [0.25, 0.3) is 11.1 Å². The van der Waals surface area contributed by atoms with E-state index >= 15 is 0 Å². The van der Waals surface area contributed by atoms with Crippen LogP contribution in [0, 0.1) is 11.8 Å². The molecule has 0 N–H and O–H groups in total. The molecule has 0 radical (unpaired) electrons. The monoisotopic (exact) mass is 344 g/mol. The molecule has 0 heteroatoms. The third-order valence-corrected chi connectivity index (χ3v) is 7.19. The number of benzene rings is 2. The van der Waals surface area contributed by atoms with Gasteiger partial charge in [-0.3, -0.25) is 0 Å². The van der Waals surface area contributed by atoms with Crippen LogP contribution < -0.4 is 0 Å². The molecule has 1 fully saturated rings. The van der Waals surface area contributed by atoms with Crippen LogP contribution in [-0.4, -0.2) is 0 Å². The summed E-state index contributed by atoms with van der Waals surface area (Å²) in [6, 6.07) is 18.3. The highest BCUT2D eigenvalue weighted by Gasteiger charge is 2.56. The van der Waals surface area contributed by atoms with E-state index in [9.17, 15) is 0 Å². The van der Waals surface area contributed by atoms with E-state index in [1.807, 2.05) is 0 Å². The van der Waals surface area contributed by atoms with Gasteiger partial charge in [0.2, 0.25) is 0 Å². The molecule has 5 aliphatic rings. The van der Waals surface area contributed by atoms with Gasteiger partial charge in [-0.25, -0.2) is 0 Å². The molecule has 128 valence electrons. The summed E-state index contributed by atoms with van der Waals surface area (Å²) in [6.07, 6.45) is 16.7. The van der Waals surface area contributed by atoms with Crippen molar-refractivity contribution in [2.75, 3.05) is 0 Å². The van der Waals surface area contributed by atoms with Crippen LogP contribution in [0.2, 0.25) is 0 Å². The highest BCUT2D eigenvalue weighted by atomic mass is 14.6. The van der Waals surface area contributed by atoms with E-state index < -0.39 is 0 Å². The fourth-order valence-corrected chi connectivity index (χ4v) is 6.09. The van der Waals surface area contributed by atoms with Crippen molar-refractivity contribution in [2.24, 2.45) is 11.8 Å². The molecule has 5 aliphatic carbocycles. The van der Waals surface area contributed by atoms with Crippen molar-refractivity contribution >= 4 is 11.1 Å². The summed E-state index contributed by atoms with van der Waals surface area (Å²) in [6.45, 7) is 0. The maximum atomic E-state index is 2.48. The van der Waals surface area contributed by atoms with Gasteiger partial charge in [0.15, 0.2) is 0 Å². The summed E-state index contributed by atoms with van der Waals surface area (Å²) in [5.41, 5.74) is 11.8. The molecule has 0 heterocycles. The fourth-order valence-electron chi connectivity index (χ4n) is 6.09. The lowest BCUT2D eigenvalue weighted by Gasteiger charge is -2.33. The molecule has 1 spiro atoms. The summed E-state index contributed by atoms with van der Waals surface area (Å²) in [5.74, 6) is 1.49. The molecule has 27 heavy (non-hydrogen) atoms. The fraction of sp³-hybridized carbons (Fsp3) is 0.185. The average molecular weight is 344 g/mol. The van der Waals surface area contributed by atoms with E-state index in [1.54, 1.807) is 11.1 Å². The number of hydrogen-bond donors (Lipinski definition) is 0. The number of rotatable bonds is 0. The van der Waals surface area contributed by atoms with Crippen LogP contribution in [0.1, 0.15) is 35.1 Å². The van der Waals surface area contributed by atoms with E-state index in [-0.39, 0.29) is 5.41 Å². The van der Waals surface area contributed by atoms with Crippen LogP contribution in [0.15, 0.2) is 96.1 Å². The van der Waals surface area contributed by atoms with Crippen LogP contribution in [0.4, 0.5) is 0 Å². The van der Waals surface area contributed by atoms with E-state index in [0.717, 1.165) is 18.3 Å². The summed E-state index contributed by atoms with van der Waals surface area (Å²) in [5, 5.41) is 0. The number of fused-ring (bicyclic) bond motifs is 10. The summed E-state index contributed by atoms with van der Waals surface area (Å²) < 4.78 is 0. The summed E-state index contributed by atoms with van der Waals surface area (Å²) in [4.78, 5) is 0. The maximum absolute atomic E-state index is 2.48. The van der Waals surface area contributed by atoms with Gasteiger partial charge < -0.3 is 0 Å². The third kappa shape index (κ3) is 1.53. The molecule has 0 nitrogen and oxygen atoms in total. The van der Waals surface area contributed by atoms with E-state index in [2.05, 4.69) is 85.0 Å². The van der Waals surface area contributed by atoms with Crippen LogP contribution >= 0.6 is 0 Å². The molecule has 0 aliphatic heterocycles. The zero-order valence-electron chi connectivity index (χ0n) is 15.2. The van der Waals surface area contributed by atoms with Gasteiger partial charge >= 0.3 is 0 Å². The first-order valence-electron chi connectivity index (χ1n) is 10.1. The second kappa shape index (κ2) is 4.70.